The van der Waals surface area contributed by atoms with E-state index in [1.165, 1.54) is 103 Å². The van der Waals surface area contributed by atoms with Crippen molar-refractivity contribution in [2.45, 2.75) is 219 Å². The van der Waals surface area contributed by atoms with Crippen LogP contribution in [0, 0.1) is 0 Å². The summed E-state index contributed by atoms with van der Waals surface area (Å²) in [6.07, 6.45) is 40.0. The van der Waals surface area contributed by atoms with Gasteiger partial charge in [0.15, 0.2) is 0 Å². The molecule has 0 amide bonds. The molecule has 0 aromatic heterocycles. The lowest BCUT2D eigenvalue weighted by Crippen LogP contribution is -2.28. The minimum Gasteiger partial charge on any atom is -0.457 e. The molecule has 0 aliphatic carbocycles. The Hall–Kier alpha value is -1.55. The number of carbonyl (C=O) groups is 2. The topological polar surface area (TPSA) is 149 Å². The minimum absolute atomic E-state index is 0.183. The summed E-state index contributed by atoms with van der Waals surface area (Å²) in [6, 6.07) is 0. The molecule has 3 N–H and O–H groups in total. The first-order chi connectivity index (χ1) is 26.8. The van der Waals surface area contributed by atoms with E-state index in [9.17, 15) is 29.3 Å². The van der Waals surface area contributed by atoms with Crippen LogP contribution >= 0.6 is 7.82 Å². The number of allylic oxidation sites excluding steroid dienone is 4. The largest absolute Gasteiger partial charge is 0.472 e. The average Bonchev–Trinajstić information content (AvgIpc) is 3.17. The molecule has 0 saturated heterocycles. The molecule has 0 aliphatic rings. The fourth-order valence-corrected chi connectivity index (χ4v) is 6.95. The third-order valence-electron chi connectivity index (χ3n) is 9.64. The molecule has 10 nitrogen and oxygen atoms in total. The molecule has 324 valence electrons. The number of hydrogen-bond donors (Lipinski definition) is 3. The van der Waals surface area contributed by atoms with Gasteiger partial charge in [-0.05, 0) is 64.2 Å². The van der Waals surface area contributed by atoms with E-state index >= 15 is 0 Å². The predicted octanol–water partition coefficient (Wildman–Crippen LogP) is 11.8. The molecule has 0 radical (unpaired) electrons. The molecule has 0 aromatic carbocycles. The van der Waals surface area contributed by atoms with Gasteiger partial charge < -0.3 is 24.6 Å². The molecule has 0 heterocycles. The molecule has 0 spiro atoms. The van der Waals surface area contributed by atoms with Gasteiger partial charge in [-0.1, -0.05) is 154 Å². The van der Waals surface area contributed by atoms with Crippen LogP contribution in [0.5, 0.6) is 0 Å². The second-order valence-electron chi connectivity index (χ2n) is 15.0. The zero-order valence-electron chi connectivity index (χ0n) is 35.2. The summed E-state index contributed by atoms with van der Waals surface area (Å²) in [6.45, 7) is 2.20. The minimum atomic E-state index is -4.64. The fraction of sp³-hybridized carbons (Fsp3) is 0.864. The van der Waals surface area contributed by atoms with E-state index in [1.54, 1.807) is 0 Å². The fourth-order valence-electron chi connectivity index (χ4n) is 6.16. The number of ether oxygens (including phenoxy) is 2. The summed E-state index contributed by atoms with van der Waals surface area (Å²) in [5.74, 6) is -1.03. The van der Waals surface area contributed by atoms with E-state index in [1.807, 2.05) is 0 Å². The zero-order valence-corrected chi connectivity index (χ0v) is 36.0. The van der Waals surface area contributed by atoms with Crippen molar-refractivity contribution >= 4 is 19.8 Å². The van der Waals surface area contributed by atoms with Gasteiger partial charge in [-0.3, -0.25) is 18.6 Å². The van der Waals surface area contributed by atoms with E-state index in [0.29, 0.717) is 12.8 Å². The first-order valence-corrected chi connectivity index (χ1v) is 23.8. The third kappa shape index (κ3) is 39.1. The Kier molecular flexibility index (Phi) is 39.5. The molecule has 0 aliphatic heterocycles. The lowest BCUT2D eigenvalue weighted by molar-refractivity contribution is -0.153. The number of esters is 2. The highest BCUT2D eigenvalue weighted by Crippen LogP contribution is 2.43. The van der Waals surface area contributed by atoms with Gasteiger partial charge in [0.2, 0.25) is 0 Å². The Labute approximate surface area is 336 Å². The van der Waals surface area contributed by atoms with Crippen molar-refractivity contribution in [3.63, 3.8) is 0 Å². The zero-order chi connectivity index (χ0) is 40.5. The van der Waals surface area contributed by atoms with Crippen LogP contribution in [0.4, 0.5) is 0 Å². The SMILES string of the molecule is CCCCCCCCC/C=C\CCCCCCCC(=O)OC(CO)COP(=O)(O)OCC(CO)OC(=O)CCCCCCC/C=C\CCCCCCCCC. The molecule has 2 unspecified atom stereocenters. The number of rotatable bonds is 42. The van der Waals surface area contributed by atoms with E-state index in [-0.39, 0.29) is 12.8 Å². The molecule has 55 heavy (non-hydrogen) atoms. The van der Waals surface area contributed by atoms with E-state index in [4.69, 9.17) is 18.5 Å². The first kappa shape index (κ1) is 53.5. The van der Waals surface area contributed by atoms with Gasteiger partial charge >= 0.3 is 19.8 Å². The van der Waals surface area contributed by atoms with Gasteiger partial charge in [0, 0.05) is 12.8 Å². The summed E-state index contributed by atoms with van der Waals surface area (Å²) in [7, 11) is -4.64. The van der Waals surface area contributed by atoms with Gasteiger partial charge in [-0.25, -0.2) is 4.57 Å². The highest BCUT2D eigenvalue weighted by molar-refractivity contribution is 7.47. The van der Waals surface area contributed by atoms with Gasteiger partial charge in [-0.2, -0.15) is 0 Å². The number of aliphatic hydroxyl groups is 2. The number of phosphoric acid groups is 1. The van der Waals surface area contributed by atoms with Crippen molar-refractivity contribution in [1.82, 2.24) is 0 Å². The molecule has 0 bridgehead atoms. The maximum atomic E-state index is 12.4. The molecule has 11 heteroatoms. The lowest BCUT2D eigenvalue weighted by atomic mass is 10.1. The summed E-state index contributed by atoms with van der Waals surface area (Å²) in [4.78, 5) is 34.5. The van der Waals surface area contributed by atoms with Crippen molar-refractivity contribution < 1.29 is 47.8 Å². The summed E-state index contributed by atoms with van der Waals surface area (Å²) in [5, 5.41) is 19.2. The molecular formula is C44H83O10P. The second kappa shape index (κ2) is 40.6. The number of carbonyl (C=O) groups excluding carboxylic acids is 2. The molecule has 0 saturated carbocycles. The van der Waals surface area contributed by atoms with Gasteiger partial charge in [0.1, 0.15) is 12.2 Å². The van der Waals surface area contributed by atoms with Crippen LogP contribution in [0.3, 0.4) is 0 Å². The standard InChI is InChI=1S/C44H83O10P/c1-3-5-7-9-11-13-15-17-19-21-23-25-27-29-31-33-35-43(47)53-41(37-45)39-51-55(49,50)52-40-42(38-46)54-44(48)36-34-32-30-28-26-24-22-20-18-16-14-12-10-8-6-4-2/h19-22,41-42,45-46H,3-18,23-40H2,1-2H3,(H,49,50)/b21-19-,22-20-. The van der Waals surface area contributed by atoms with Crippen molar-refractivity contribution in [3.05, 3.63) is 24.3 Å². The predicted molar refractivity (Wildman–Crippen MR) is 224 cm³/mol. The maximum absolute atomic E-state index is 12.4. The van der Waals surface area contributed by atoms with Gasteiger partial charge in [0.05, 0.1) is 26.4 Å². The number of phosphoric ester groups is 1. The van der Waals surface area contributed by atoms with Crippen LogP contribution < -0.4 is 0 Å². The molecule has 0 rings (SSSR count). The third-order valence-corrected chi connectivity index (χ3v) is 10.6. The Bertz CT molecular complexity index is 900. The van der Waals surface area contributed by atoms with Crippen LogP contribution in [0.1, 0.15) is 206 Å². The van der Waals surface area contributed by atoms with Crippen molar-refractivity contribution in [2.24, 2.45) is 0 Å². The Balaban J connectivity index is 3.93. The Morgan fingerprint density at radius 3 is 1.04 bits per heavy atom. The average molecular weight is 803 g/mol. The molecular weight excluding hydrogens is 719 g/mol. The normalized spacial score (nSPS) is 14.1. The summed E-state index contributed by atoms with van der Waals surface area (Å²) < 4.78 is 32.6. The lowest BCUT2D eigenvalue weighted by Gasteiger charge is -2.20. The summed E-state index contributed by atoms with van der Waals surface area (Å²) in [5.41, 5.74) is 0. The summed E-state index contributed by atoms with van der Waals surface area (Å²) >= 11 is 0. The smallest absolute Gasteiger partial charge is 0.457 e. The number of aliphatic hydroxyl groups excluding tert-OH is 2. The van der Waals surface area contributed by atoms with Crippen LogP contribution in [-0.4, -0.2) is 65.7 Å². The maximum Gasteiger partial charge on any atom is 0.472 e. The Morgan fingerprint density at radius 1 is 0.473 bits per heavy atom. The number of unbranched alkanes of at least 4 members (excludes halogenated alkanes) is 24. The first-order valence-electron chi connectivity index (χ1n) is 22.3. The number of hydrogen-bond acceptors (Lipinski definition) is 9. The van der Waals surface area contributed by atoms with Crippen molar-refractivity contribution in [2.75, 3.05) is 26.4 Å². The van der Waals surface area contributed by atoms with Gasteiger partial charge in [0.25, 0.3) is 0 Å². The monoisotopic (exact) mass is 803 g/mol. The van der Waals surface area contributed by atoms with Crippen molar-refractivity contribution in [3.8, 4) is 0 Å². The van der Waals surface area contributed by atoms with E-state index in [0.717, 1.165) is 64.2 Å². The molecule has 2 atom stereocenters. The molecule has 0 aromatic rings. The second-order valence-corrected chi connectivity index (χ2v) is 16.5. The van der Waals surface area contributed by atoms with E-state index in [2.05, 4.69) is 38.2 Å². The quantitative estimate of drug-likeness (QED) is 0.0236. The van der Waals surface area contributed by atoms with Gasteiger partial charge in [-0.15, -0.1) is 0 Å². The molecule has 0 fully saturated rings. The van der Waals surface area contributed by atoms with Crippen LogP contribution in [0.15, 0.2) is 24.3 Å². The highest BCUT2D eigenvalue weighted by atomic mass is 31.2. The highest BCUT2D eigenvalue weighted by Gasteiger charge is 2.27. The van der Waals surface area contributed by atoms with E-state index < -0.39 is 58.4 Å². The van der Waals surface area contributed by atoms with Crippen LogP contribution in [0.2, 0.25) is 0 Å². The van der Waals surface area contributed by atoms with Crippen molar-refractivity contribution in [1.29, 1.82) is 0 Å². The van der Waals surface area contributed by atoms with Crippen LogP contribution in [0.25, 0.3) is 0 Å². The van der Waals surface area contributed by atoms with Crippen LogP contribution in [-0.2, 0) is 32.7 Å². The Morgan fingerprint density at radius 2 is 0.745 bits per heavy atom.